The van der Waals surface area contributed by atoms with Crippen molar-refractivity contribution < 1.29 is 26.4 Å². The molecule has 0 spiro atoms. The highest BCUT2D eigenvalue weighted by Gasteiger charge is 2.36. The fraction of sp³-hybridized carbons (Fsp3) is 0.462. The monoisotopic (exact) mass is 336 g/mol. The molecule has 0 aliphatic heterocycles. The highest BCUT2D eigenvalue weighted by Crippen LogP contribution is 2.30. The Morgan fingerprint density at radius 1 is 1.27 bits per heavy atom. The predicted molar refractivity (Wildman–Crippen MR) is 74.6 cm³/mol. The number of sulfonamides is 1. The number of carbonyl (C=O) groups is 1. The molecule has 1 fully saturated rings. The van der Waals surface area contributed by atoms with Crippen molar-refractivity contribution in [3.8, 4) is 0 Å². The molecule has 9 heteroatoms. The van der Waals surface area contributed by atoms with Crippen LogP contribution in [0.1, 0.15) is 18.4 Å². The number of hydrogen-bond donors (Lipinski definition) is 1. The van der Waals surface area contributed by atoms with Crippen molar-refractivity contribution in [2.75, 3.05) is 18.1 Å². The molecule has 5 nitrogen and oxygen atoms in total. The lowest BCUT2D eigenvalue weighted by Gasteiger charge is -2.18. The Morgan fingerprint density at radius 3 is 2.23 bits per heavy atom. The van der Waals surface area contributed by atoms with Crippen molar-refractivity contribution in [1.29, 1.82) is 0 Å². The Kier molecular flexibility index (Phi) is 4.48. The summed E-state index contributed by atoms with van der Waals surface area (Å²) in [5.41, 5.74) is -0.636. The van der Waals surface area contributed by atoms with Gasteiger partial charge in [-0.25, -0.2) is 8.42 Å². The summed E-state index contributed by atoms with van der Waals surface area (Å²) < 4.78 is 61.5. The number of amides is 1. The summed E-state index contributed by atoms with van der Waals surface area (Å²) in [5, 5.41) is 2.39. The van der Waals surface area contributed by atoms with Crippen molar-refractivity contribution in [3.63, 3.8) is 0 Å². The number of rotatable bonds is 5. The van der Waals surface area contributed by atoms with Gasteiger partial charge in [0.05, 0.1) is 18.4 Å². The second-order valence-electron chi connectivity index (χ2n) is 5.16. The number of hydrogen-bond acceptors (Lipinski definition) is 3. The molecular weight excluding hydrogens is 321 g/mol. The van der Waals surface area contributed by atoms with Crippen LogP contribution in [0.3, 0.4) is 0 Å². The molecule has 2 rings (SSSR count). The van der Waals surface area contributed by atoms with E-state index in [4.69, 9.17) is 0 Å². The first-order chi connectivity index (χ1) is 10.1. The topological polar surface area (TPSA) is 66.5 Å². The van der Waals surface area contributed by atoms with Crippen LogP contribution in [0.15, 0.2) is 24.3 Å². The van der Waals surface area contributed by atoms with E-state index in [1.165, 1.54) is 0 Å². The van der Waals surface area contributed by atoms with Crippen LogP contribution >= 0.6 is 0 Å². The van der Waals surface area contributed by atoms with Gasteiger partial charge in [0.25, 0.3) is 0 Å². The van der Waals surface area contributed by atoms with Gasteiger partial charge in [-0.1, -0.05) is 0 Å². The average Bonchev–Trinajstić information content (AvgIpc) is 3.18. The molecule has 0 atom stereocenters. The van der Waals surface area contributed by atoms with Crippen molar-refractivity contribution in [2.24, 2.45) is 0 Å². The van der Waals surface area contributed by atoms with Crippen molar-refractivity contribution in [3.05, 3.63) is 29.8 Å². The van der Waals surface area contributed by atoms with Gasteiger partial charge in [-0.3, -0.25) is 4.79 Å². The number of nitrogens with zero attached hydrogens (tertiary/aromatic N) is 1. The van der Waals surface area contributed by atoms with Gasteiger partial charge in [-0.15, -0.1) is 0 Å². The Morgan fingerprint density at radius 2 is 1.82 bits per heavy atom. The van der Waals surface area contributed by atoms with E-state index in [0.717, 1.165) is 34.8 Å². The van der Waals surface area contributed by atoms with Crippen molar-refractivity contribution in [1.82, 2.24) is 4.31 Å². The zero-order valence-electron chi connectivity index (χ0n) is 11.7. The third-order valence-electron chi connectivity index (χ3n) is 3.18. The average molecular weight is 336 g/mol. The molecular formula is C13H15F3N2O3S. The lowest BCUT2D eigenvalue weighted by molar-refractivity contribution is -0.137. The van der Waals surface area contributed by atoms with E-state index in [9.17, 15) is 26.4 Å². The molecule has 1 aliphatic carbocycles. The van der Waals surface area contributed by atoms with Crippen LogP contribution in [-0.2, 0) is 21.0 Å². The molecule has 1 aliphatic rings. The molecule has 0 saturated heterocycles. The van der Waals surface area contributed by atoms with E-state index >= 15 is 0 Å². The Labute approximate surface area is 126 Å². The summed E-state index contributed by atoms with van der Waals surface area (Å²) in [4.78, 5) is 11.8. The Bertz CT molecular complexity index is 652. The minimum Gasteiger partial charge on any atom is -0.325 e. The van der Waals surface area contributed by atoms with Gasteiger partial charge >= 0.3 is 6.18 Å². The SMILES string of the molecule is CS(=O)(=O)N(CC(=O)Nc1ccc(C(F)(F)F)cc1)C1CC1. The summed E-state index contributed by atoms with van der Waals surface area (Å²) in [7, 11) is -3.49. The number of alkyl halides is 3. The summed E-state index contributed by atoms with van der Waals surface area (Å²) in [6, 6.07) is 3.80. The summed E-state index contributed by atoms with van der Waals surface area (Å²) >= 11 is 0. The molecule has 1 N–H and O–H groups in total. The van der Waals surface area contributed by atoms with Gasteiger partial charge in [0, 0.05) is 11.7 Å². The zero-order valence-corrected chi connectivity index (χ0v) is 12.5. The second-order valence-corrected chi connectivity index (χ2v) is 7.10. The van der Waals surface area contributed by atoms with Crippen LogP contribution < -0.4 is 5.32 Å². The van der Waals surface area contributed by atoms with Crippen LogP contribution in [0.4, 0.5) is 18.9 Å². The Balaban J connectivity index is 2.00. The largest absolute Gasteiger partial charge is 0.416 e. The van der Waals surface area contributed by atoms with Crippen LogP contribution in [0.2, 0.25) is 0 Å². The lowest BCUT2D eigenvalue weighted by Crippen LogP contribution is -2.38. The first-order valence-electron chi connectivity index (χ1n) is 6.51. The first kappa shape index (κ1) is 16.8. The van der Waals surface area contributed by atoms with E-state index in [1.807, 2.05) is 0 Å². The summed E-state index contributed by atoms with van der Waals surface area (Å²) in [5.74, 6) is -0.586. The quantitative estimate of drug-likeness (QED) is 0.895. The molecule has 122 valence electrons. The minimum atomic E-state index is -4.44. The smallest absolute Gasteiger partial charge is 0.325 e. The lowest BCUT2D eigenvalue weighted by atomic mass is 10.2. The van der Waals surface area contributed by atoms with Crippen LogP contribution in [-0.4, -0.2) is 37.5 Å². The predicted octanol–water partition coefficient (Wildman–Crippen LogP) is 2.07. The maximum absolute atomic E-state index is 12.4. The maximum atomic E-state index is 12.4. The van der Waals surface area contributed by atoms with E-state index in [1.54, 1.807) is 0 Å². The highest BCUT2D eigenvalue weighted by molar-refractivity contribution is 7.88. The number of benzene rings is 1. The molecule has 1 aromatic carbocycles. The molecule has 0 heterocycles. The molecule has 0 bridgehead atoms. The van der Waals surface area contributed by atoms with Crippen LogP contribution in [0, 0.1) is 0 Å². The maximum Gasteiger partial charge on any atom is 0.416 e. The number of halogens is 3. The molecule has 0 radical (unpaired) electrons. The summed E-state index contributed by atoms with van der Waals surface area (Å²) in [6.07, 6.45) is -2.00. The number of anilines is 1. The van der Waals surface area contributed by atoms with Gasteiger partial charge in [0.2, 0.25) is 15.9 Å². The van der Waals surface area contributed by atoms with Gasteiger partial charge in [-0.2, -0.15) is 17.5 Å². The van der Waals surface area contributed by atoms with Gasteiger partial charge in [0.1, 0.15) is 0 Å². The molecule has 1 aromatic rings. The Hall–Kier alpha value is -1.61. The molecule has 1 amide bonds. The fourth-order valence-corrected chi connectivity index (χ4v) is 3.07. The van der Waals surface area contributed by atoms with Crippen LogP contribution in [0.5, 0.6) is 0 Å². The van der Waals surface area contributed by atoms with Gasteiger partial charge < -0.3 is 5.32 Å². The van der Waals surface area contributed by atoms with Gasteiger partial charge in [-0.05, 0) is 37.1 Å². The van der Waals surface area contributed by atoms with E-state index < -0.39 is 27.7 Å². The van der Waals surface area contributed by atoms with E-state index in [0.29, 0.717) is 12.8 Å². The normalized spacial score (nSPS) is 15.9. The van der Waals surface area contributed by atoms with E-state index in [-0.39, 0.29) is 18.3 Å². The third-order valence-corrected chi connectivity index (χ3v) is 4.45. The molecule has 22 heavy (non-hydrogen) atoms. The second kappa shape index (κ2) is 5.88. The molecule has 0 unspecified atom stereocenters. The fourth-order valence-electron chi connectivity index (χ4n) is 1.96. The standard InChI is InChI=1S/C13H15F3N2O3S/c1-22(20,21)18(11-6-7-11)8-12(19)17-10-4-2-9(3-5-10)13(14,15)16/h2-5,11H,6-8H2,1H3,(H,17,19). The molecule has 1 saturated carbocycles. The third kappa shape index (κ3) is 4.44. The molecule has 0 aromatic heterocycles. The van der Waals surface area contributed by atoms with Crippen molar-refractivity contribution >= 4 is 21.6 Å². The highest BCUT2D eigenvalue weighted by atomic mass is 32.2. The zero-order chi connectivity index (χ0) is 16.5. The number of carbonyl (C=O) groups excluding carboxylic acids is 1. The first-order valence-corrected chi connectivity index (χ1v) is 8.36. The summed E-state index contributed by atoms with van der Waals surface area (Å²) in [6.45, 7) is -0.343. The minimum absolute atomic E-state index is 0.159. The van der Waals surface area contributed by atoms with Crippen LogP contribution in [0.25, 0.3) is 0 Å². The number of nitrogens with one attached hydrogen (secondary N) is 1. The van der Waals surface area contributed by atoms with E-state index in [2.05, 4.69) is 5.32 Å². The van der Waals surface area contributed by atoms with Gasteiger partial charge in [0.15, 0.2) is 0 Å². The van der Waals surface area contributed by atoms with Crippen molar-refractivity contribution in [2.45, 2.75) is 25.1 Å².